The van der Waals surface area contributed by atoms with Gasteiger partial charge in [-0.1, -0.05) is 20.8 Å². The predicted molar refractivity (Wildman–Crippen MR) is 76.0 cm³/mol. The van der Waals surface area contributed by atoms with Crippen LogP contribution in [0.25, 0.3) is 11.2 Å². The van der Waals surface area contributed by atoms with E-state index < -0.39 is 0 Å². The summed E-state index contributed by atoms with van der Waals surface area (Å²) in [4.78, 5) is 12.6. The molecule has 0 radical (unpaired) electrons. The van der Waals surface area contributed by atoms with Crippen LogP contribution in [-0.2, 0) is 4.74 Å². The number of rotatable bonds is 2. The van der Waals surface area contributed by atoms with Gasteiger partial charge in [0.25, 0.3) is 0 Å². The van der Waals surface area contributed by atoms with Gasteiger partial charge in [-0.3, -0.25) is 4.57 Å². The van der Waals surface area contributed by atoms with Gasteiger partial charge in [0.2, 0.25) is 0 Å². The molecule has 2 aromatic heterocycles. The van der Waals surface area contributed by atoms with Crippen molar-refractivity contribution in [1.82, 2.24) is 19.5 Å². The molecule has 3 heterocycles. The van der Waals surface area contributed by atoms with Gasteiger partial charge < -0.3 is 9.84 Å². The lowest BCUT2D eigenvalue weighted by atomic mass is 9.91. The number of aliphatic hydroxyl groups is 1. The molecule has 1 N–H and O–H groups in total. The second-order valence-electron chi connectivity index (χ2n) is 5.08. The zero-order valence-corrected chi connectivity index (χ0v) is 12.4. The Morgan fingerprint density at radius 3 is 2.65 bits per heavy atom. The van der Waals surface area contributed by atoms with Crippen LogP contribution in [-0.4, -0.2) is 37.8 Å². The maximum atomic E-state index is 7.00. The van der Waals surface area contributed by atoms with Gasteiger partial charge in [-0.2, -0.15) is 0 Å². The molecule has 0 saturated carbocycles. The third kappa shape index (κ3) is 2.41. The summed E-state index contributed by atoms with van der Waals surface area (Å²) in [5.41, 5.74) is 1.67. The Labute approximate surface area is 118 Å². The summed E-state index contributed by atoms with van der Waals surface area (Å²) in [6, 6.07) is 0. The van der Waals surface area contributed by atoms with Gasteiger partial charge in [0, 0.05) is 13.0 Å². The van der Waals surface area contributed by atoms with E-state index in [2.05, 4.69) is 35.7 Å². The molecule has 1 aliphatic heterocycles. The average molecular weight is 278 g/mol. The topological polar surface area (TPSA) is 73.1 Å². The minimum absolute atomic E-state index is 0.0323. The van der Waals surface area contributed by atoms with Crippen LogP contribution in [0, 0.1) is 11.8 Å². The van der Waals surface area contributed by atoms with Crippen LogP contribution in [0.1, 0.15) is 33.4 Å². The van der Waals surface area contributed by atoms with E-state index in [1.807, 2.05) is 10.9 Å². The van der Waals surface area contributed by atoms with E-state index in [0.29, 0.717) is 17.9 Å². The first-order valence-corrected chi connectivity index (χ1v) is 6.95. The van der Waals surface area contributed by atoms with Crippen LogP contribution in [0.4, 0.5) is 0 Å². The van der Waals surface area contributed by atoms with Gasteiger partial charge in [-0.05, 0) is 12.3 Å². The highest BCUT2D eigenvalue weighted by molar-refractivity contribution is 5.68. The fourth-order valence-electron chi connectivity index (χ4n) is 2.78. The molecule has 0 spiro atoms. The van der Waals surface area contributed by atoms with Crippen molar-refractivity contribution in [2.45, 2.75) is 39.5 Å². The standard InChI is InChI=1S/C13H18N4O.CH4O/c1-4-11-8(2)9(3)13(18-11)17-7-16-10-5-14-6-15-12(10)17;1-2/h5-9,11,13H,4H2,1-3H3;2H,1H3/t8-,9+,11+,13+;/m0./s1. The number of hydrogen-bond acceptors (Lipinski definition) is 5. The Balaban J connectivity index is 0.000000704. The molecule has 1 aliphatic rings. The molecule has 0 unspecified atom stereocenters. The molecule has 2 aromatic rings. The van der Waals surface area contributed by atoms with Crippen molar-refractivity contribution in [3.63, 3.8) is 0 Å². The van der Waals surface area contributed by atoms with Crippen molar-refractivity contribution < 1.29 is 9.84 Å². The second kappa shape index (κ2) is 6.28. The van der Waals surface area contributed by atoms with E-state index in [0.717, 1.165) is 24.7 Å². The predicted octanol–water partition coefficient (Wildman–Crippen LogP) is 2.01. The van der Waals surface area contributed by atoms with Gasteiger partial charge in [-0.15, -0.1) is 0 Å². The van der Waals surface area contributed by atoms with Crippen molar-refractivity contribution in [3.05, 3.63) is 18.9 Å². The molecule has 20 heavy (non-hydrogen) atoms. The zero-order chi connectivity index (χ0) is 14.7. The minimum atomic E-state index is 0.0323. The molecule has 1 fully saturated rings. The first-order valence-electron chi connectivity index (χ1n) is 6.95. The lowest BCUT2D eigenvalue weighted by Gasteiger charge is -2.17. The summed E-state index contributed by atoms with van der Waals surface area (Å²) < 4.78 is 8.19. The number of aliphatic hydroxyl groups excluding tert-OH is 1. The minimum Gasteiger partial charge on any atom is -0.400 e. The molecular weight excluding hydrogens is 256 g/mol. The van der Waals surface area contributed by atoms with Crippen molar-refractivity contribution in [3.8, 4) is 0 Å². The van der Waals surface area contributed by atoms with Crippen LogP contribution < -0.4 is 0 Å². The highest BCUT2D eigenvalue weighted by atomic mass is 16.5. The highest BCUT2D eigenvalue weighted by Crippen LogP contribution is 2.40. The molecule has 110 valence electrons. The Hall–Kier alpha value is -1.53. The second-order valence-corrected chi connectivity index (χ2v) is 5.08. The quantitative estimate of drug-likeness (QED) is 0.909. The summed E-state index contributed by atoms with van der Waals surface area (Å²) in [6.07, 6.45) is 6.50. The lowest BCUT2D eigenvalue weighted by molar-refractivity contribution is -0.0120. The summed E-state index contributed by atoms with van der Waals surface area (Å²) in [6.45, 7) is 6.66. The van der Waals surface area contributed by atoms with Gasteiger partial charge in [-0.25, -0.2) is 15.0 Å². The van der Waals surface area contributed by atoms with E-state index in [4.69, 9.17) is 9.84 Å². The van der Waals surface area contributed by atoms with E-state index in [1.54, 1.807) is 12.5 Å². The van der Waals surface area contributed by atoms with Gasteiger partial charge in [0.15, 0.2) is 5.65 Å². The number of imidazole rings is 1. The molecule has 1 saturated heterocycles. The number of ether oxygens (including phenoxy) is 1. The molecule has 6 heteroatoms. The monoisotopic (exact) mass is 278 g/mol. The zero-order valence-electron chi connectivity index (χ0n) is 12.4. The van der Waals surface area contributed by atoms with Gasteiger partial charge >= 0.3 is 0 Å². The van der Waals surface area contributed by atoms with Crippen LogP contribution >= 0.6 is 0 Å². The van der Waals surface area contributed by atoms with Crippen LogP contribution in [0.5, 0.6) is 0 Å². The number of nitrogens with zero attached hydrogens (tertiary/aromatic N) is 4. The summed E-state index contributed by atoms with van der Waals surface area (Å²) in [5, 5.41) is 7.00. The summed E-state index contributed by atoms with van der Waals surface area (Å²) >= 11 is 0. The van der Waals surface area contributed by atoms with Crippen LogP contribution in [0.2, 0.25) is 0 Å². The fraction of sp³-hybridized carbons (Fsp3) is 0.643. The molecule has 6 nitrogen and oxygen atoms in total. The largest absolute Gasteiger partial charge is 0.400 e. The SMILES string of the molecule is CC[C@H]1O[C@@H](n2cnc3cncnc32)[C@H](C)[C@@H]1C.CO. The number of hydrogen-bond donors (Lipinski definition) is 1. The molecule has 0 bridgehead atoms. The first-order chi connectivity index (χ1) is 9.72. The van der Waals surface area contributed by atoms with Crippen LogP contribution in [0.15, 0.2) is 18.9 Å². The number of aromatic nitrogens is 4. The van der Waals surface area contributed by atoms with Crippen molar-refractivity contribution in [2.75, 3.05) is 7.11 Å². The molecule has 0 amide bonds. The molecule has 0 aromatic carbocycles. The average Bonchev–Trinajstić information content (AvgIpc) is 3.04. The molecule has 3 rings (SSSR count). The third-order valence-electron chi connectivity index (χ3n) is 4.09. The normalized spacial score (nSPS) is 29.2. The Morgan fingerprint density at radius 2 is 2.00 bits per heavy atom. The van der Waals surface area contributed by atoms with Gasteiger partial charge in [0.1, 0.15) is 18.1 Å². The van der Waals surface area contributed by atoms with E-state index in [1.165, 1.54) is 0 Å². The lowest BCUT2D eigenvalue weighted by Crippen LogP contribution is -2.15. The molecular formula is C14H22N4O2. The highest BCUT2D eigenvalue weighted by Gasteiger charge is 2.39. The van der Waals surface area contributed by atoms with Crippen molar-refractivity contribution in [2.24, 2.45) is 11.8 Å². The van der Waals surface area contributed by atoms with E-state index in [9.17, 15) is 0 Å². The van der Waals surface area contributed by atoms with E-state index >= 15 is 0 Å². The van der Waals surface area contributed by atoms with Crippen molar-refractivity contribution >= 4 is 11.2 Å². The Morgan fingerprint density at radius 1 is 1.25 bits per heavy atom. The first kappa shape index (κ1) is 14.9. The Bertz CT molecular complexity index is 557. The summed E-state index contributed by atoms with van der Waals surface area (Å²) in [5.74, 6) is 1.02. The maximum Gasteiger partial charge on any atom is 0.165 e. The third-order valence-corrected chi connectivity index (χ3v) is 4.09. The van der Waals surface area contributed by atoms with Gasteiger partial charge in [0.05, 0.1) is 18.6 Å². The fourth-order valence-corrected chi connectivity index (χ4v) is 2.78. The maximum absolute atomic E-state index is 7.00. The van der Waals surface area contributed by atoms with E-state index in [-0.39, 0.29) is 6.23 Å². The van der Waals surface area contributed by atoms with Crippen LogP contribution in [0.3, 0.4) is 0 Å². The van der Waals surface area contributed by atoms with Crippen molar-refractivity contribution in [1.29, 1.82) is 0 Å². The summed E-state index contributed by atoms with van der Waals surface area (Å²) in [7, 11) is 1.00. The molecule has 0 aliphatic carbocycles. The Kier molecular flexibility index (Phi) is 4.67. The molecule has 4 atom stereocenters. The number of fused-ring (bicyclic) bond motifs is 1. The smallest absolute Gasteiger partial charge is 0.165 e.